The molecule has 4 nitrogen and oxygen atoms in total. The number of hydrogen-bond donors (Lipinski definition) is 1. The molecule has 2 atom stereocenters. The smallest absolute Gasteiger partial charge is 0.148 e. The van der Waals surface area contributed by atoms with Crippen LogP contribution >= 0.6 is 11.8 Å². The van der Waals surface area contributed by atoms with Gasteiger partial charge in [0.25, 0.3) is 0 Å². The third-order valence-electron chi connectivity index (χ3n) is 3.24. The van der Waals surface area contributed by atoms with Crippen LogP contribution in [0.1, 0.15) is 13.8 Å². The molecule has 1 saturated heterocycles. The third-order valence-corrected chi connectivity index (χ3v) is 5.52. The van der Waals surface area contributed by atoms with E-state index in [2.05, 4.69) is 24.1 Å². The van der Waals surface area contributed by atoms with E-state index in [1.807, 2.05) is 11.8 Å². The summed E-state index contributed by atoms with van der Waals surface area (Å²) in [6.07, 6.45) is 1.28. The minimum atomic E-state index is -2.83. The van der Waals surface area contributed by atoms with E-state index in [0.29, 0.717) is 17.8 Å². The maximum absolute atomic E-state index is 10.9. The van der Waals surface area contributed by atoms with E-state index < -0.39 is 9.84 Å². The minimum Gasteiger partial charge on any atom is -0.314 e. The van der Waals surface area contributed by atoms with Gasteiger partial charge in [-0.25, -0.2) is 8.42 Å². The molecule has 0 radical (unpaired) electrons. The summed E-state index contributed by atoms with van der Waals surface area (Å²) in [5.41, 5.74) is 0. The number of nitrogens with one attached hydrogen (secondary N) is 1. The molecule has 2 unspecified atom stereocenters. The van der Waals surface area contributed by atoms with Gasteiger partial charge in [0, 0.05) is 49.5 Å². The van der Waals surface area contributed by atoms with Crippen LogP contribution in [0.25, 0.3) is 0 Å². The Morgan fingerprint density at radius 3 is 2.71 bits per heavy atom. The summed E-state index contributed by atoms with van der Waals surface area (Å²) < 4.78 is 21.9. The molecule has 1 aliphatic rings. The van der Waals surface area contributed by atoms with Crippen LogP contribution in [0.3, 0.4) is 0 Å². The first-order valence-corrected chi connectivity index (χ1v) is 9.25. The molecule has 1 aliphatic heterocycles. The molecule has 6 heteroatoms. The van der Waals surface area contributed by atoms with E-state index in [-0.39, 0.29) is 5.75 Å². The maximum Gasteiger partial charge on any atom is 0.148 e. The molecule has 0 aliphatic carbocycles. The van der Waals surface area contributed by atoms with Crippen molar-refractivity contribution in [3.05, 3.63) is 0 Å². The van der Waals surface area contributed by atoms with Crippen molar-refractivity contribution < 1.29 is 8.42 Å². The molecular weight excluding hydrogens is 256 g/mol. The Bertz CT molecular complexity index is 319. The highest BCUT2D eigenvalue weighted by Crippen LogP contribution is 2.23. The highest BCUT2D eigenvalue weighted by Gasteiger charge is 2.24. The topological polar surface area (TPSA) is 49.4 Å². The molecule has 1 rings (SSSR count). The SMILES string of the molecule is CC1SCCN(CCNCCS(C)(=O)=O)C1C. The van der Waals surface area contributed by atoms with Crippen LogP contribution in [0.2, 0.25) is 0 Å². The highest BCUT2D eigenvalue weighted by molar-refractivity contribution is 8.00. The molecule has 0 aromatic rings. The van der Waals surface area contributed by atoms with Crippen molar-refractivity contribution in [3.8, 4) is 0 Å². The zero-order chi connectivity index (χ0) is 12.9. The van der Waals surface area contributed by atoms with Gasteiger partial charge in [0.05, 0.1) is 5.75 Å². The lowest BCUT2D eigenvalue weighted by Gasteiger charge is -2.37. The van der Waals surface area contributed by atoms with Crippen LogP contribution in [0.15, 0.2) is 0 Å². The Kier molecular flexibility index (Phi) is 6.26. The summed E-state index contributed by atoms with van der Waals surface area (Å²) in [5, 5.41) is 3.89. The van der Waals surface area contributed by atoms with Gasteiger partial charge in [-0.15, -0.1) is 0 Å². The second-order valence-electron chi connectivity index (χ2n) is 4.73. The molecule has 0 aromatic carbocycles. The molecule has 1 N–H and O–H groups in total. The summed E-state index contributed by atoms with van der Waals surface area (Å²) >= 11 is 2.04. The van der Waals surface area contributed by atoms with Gasteiger partial charge in [0.1, 0.15) is 9.84 Å². The Balaban J connectivity index is 2.14. The molecule has 0 aromatic heterocycles. The van der Waals surface area contributed by atoms with Gasteiger partial charge in [-0.1, -0.05) is 6.92 Å². The molecule has 17 heavy (non-hydrogen) atoms. The summed E-state index contributed by atoms with van der Waals surface area (Å²) in [6, 6.07) is 0.616. The molecular formula is C11H24N2O2S2. The fourth-order valence-corrected chi connectivity index (χ4v) is 3.59. The van der Waals surface area contributed by atoms with Crippen molar-refractivity contribution in [2.24, 2.45) is 0 Å². The largest absolute Gasteiger partial charge is 0.314 e. The lowest BCUT2D eigenvalue weighted by atomic mass is 10.2. The third kappa shape index (κ3) is 6.08. The van der Waals surface area contributed by atoms with Gasteiger partial charge in [-0.2, -0.15) is 11.8 Å². The summed E-state index contributed by atoms with van der Waals surface area (Å²) in [5.74, 6) is 1.43. The fraction of sp³-hybridized carbons (Fsp3) is 1.00. The zero-order valence-electron chi connectivity index (χ0n) is 11.0. The van der Waals surface area contributed by atoms with Crippen molar-refractivity contribution in [3.63, 3.8) is 0 Å². The van der Waals surface area contributed by atoms with Crippen LogP contribution in [-0.4, -0.2) is 68.5 Å². The Hall–Kier alpha value is 0.220. The average Bonchev–Trinajstić information content (AvgIpc) is 2.22. The molecule has 0 saturated carbocycles. The van der Waals surface area contributed by atoms with Gasteiger partial charge in [0.15, 0.2) is 0 Å². The Morgan fingerprint density at radius 1 is 1.35 bits per heavy atom. The van der Waals surface area contributed by atoms with Gasteiger partial charge in [-0.3, -0.25) is 4.90 Å². The monoisotopic (exact) mass is 280 g/mol. The van der Waals surface area contributed by atoms with Gasteiger partial charge in [-0.05, 0) is 6.92 Å². The lowest BCUT2D eigenvalue weighted by Crippen LogP contribution is -2.47. The van der Waals surface area contributed by atoms with Crippen LogP contribution in [-0.2, 0) is 9.84 Å². The predicted octanol–water partition coefficient (Wildman–Crippen LogP) is 0.446. The molecule has 0 spiro atoms. The lowest BCUT2D eigenvalue weighted by molar-refractivity contribution is 0.214. The molecule has 0 bridgehead atoms. The first-order valence-electron chi connectivity index (χ1n) is 6.14. The van der Waals surface area contributed by atoms with E-state index in [1.165, 1.54) is 12.0 Å². The Labute approximate surface area is 109 Å². The molecule has 1 fully saturated rings. The molecule has 0 amide bonds. The van der Waals surface area contributed by atoms with Crippen molar-refractivity contribution in [1.29, 1.82) is 0 Å². The number of sulfone groups is 1. The second kappa shape index (κ2) is 6.97. The first kappa shape index (κ1) is 15.3. The van der Waals surface area contributed by atoms with E-state index in [9.17, 15) is 8.42 Å². The summed E-state index contributed by atoms with van der Waals surface area (Å²) in [6.45, 7) is 8.13. The van der Waals surface area contributed by atoms with Crippen LogP contribution in [0.4, 0.5) is 0 Å². The van der Waals surface area contributed by atoms with Gasteiger partial charge in [0.2, 0.25) is 0 Å². The van der Waals surface area contributed by atoms with E-state index in [4.69, 9.17) is 0 Å². The van der Waals surface area contributed by atoms with Crippen molar-refractivity contribution >= 4 is 21.6 Å². The van der Waals surface area contributed by atoms with Crippen LogP contribution in [0, 0.1) is 0 Å². The van der Waals surface area contributed by atoms with Crippen LogP contribution in [0.5, 0.6) is 0 Å². The zero-order valence-corrected chi connectivity index (χ0v) is 12.6. The molecule has 102 valence electrons. The Morgan fingerprint density at radius 2 is 2.06 bits per heavy atom. The predicted molar refractivity (Wildman–Crippen MR) is 75.5 cm³/mol. The quantitative estimate of drug-likeness (QED) is 0.716. The second-order valence-corrected chi connectivity index (χ2v) is 8.48. The van der Waals surface area contributed by atoms with Crippen molar-refractivity contribution in [2.75, 3.05) is 43.9 Å². The first-order chi connectivity index (χ1) is 7.90. The maximum atomic E-state index is 10.9. The van der Waals surface area contributed by atoms with Gasteiger partial charge < -0.3 is 5.32 Å². The average molecular weight is 280 g/mol. The highest BCUT2D eigenvalue weighted by atomic mass is 32.2. The minimum absolute atomic E-state index is 0.231. The van der Waals surface area contributed by atoms with Gasteiger partial charge >= 0.3 is 0 Å². The van der Waals surface area contributed by atoms with Crippen molar-refractivity contribution in [1.82, 2.24) is 10.2 Å². The summed E-state index contributed by atoms with van der Waals surface area (Å²) in [4.78, 5) is 2.48. The standard InChI is InChI=1S/C11H24N2O2S2/c1-10-11(2)16-8-7-13(10)6-4-12-5-9-17(3,14)15/h10-12H,4-9H2,1-3H3. The van der Waals surface area contributed by atoms with E-state index >= 15 is 0 Å². The van der Waals surface area contributed by atoms with Crippen molar-refractivity contribution in [2.45, 2.75) is 25.1 Å². The molecule has 1 heterocycles. The van der Waals surface area contributed by atoms with Crippen LogP contribution < -0.4 is 5.32 Å². The fourth-order valence-electron chi connectivity index (χ4n) is 1.92. The van der Waals surface area contributed by atoms with E-state index in [1.54, 1.807) is 0 Å². The number of hydrogen-bond acceptors (Lipinski definition) is 5. The summed E-state index contributed by atoms with van der Waals surface area (Å²) in [7, 11) is -2.83. The number of thioether (sulfide) groups is 1. The number of nitrogens with zero attached hydrogens (tertiary/aromatic N) is 1. The normalized spacial score (nSPS) is 27.2. The number of rotatable bonds is 6. The van der Waals surface area contributed by atoms with E-state index in [0.717, 1.165) is 19.6 Å².